The Morgan fingerprint density at radius 3 is 2.21 bits per heavy atom. The van der Waals surface area contributed by atoms with E-state index in [2.05, 4.69) is 9.88 Å². The number of nitrogens with zero attached hydrogens (tertiary/aromatic N) is 3. The molecule has 0 atom stereocenters. The van der Waals surface area contributed by atoms with Crippen LogP contribution in [0.5, 0.6) is 0 Å². The second kappa shape index (κ2) is 8.77. The molecule has 2 saturated heterocycles. The molecule has 1 aromatic heterocycles. The predicted molar refractivity (Wildman–Crippen MR) is 104 cm³/mol. The molecule has 2 amide bonds. The van der Waals surface area contributed by atoms with E-state index in [-0.39, 0.29) is 11.8 Å². The number of amides is 2. The van der Waals surface area contributed by atoms with E-state index < -0.39 is 5.97 Å². The number of aryl methyl sites for hydroxylation is 1. The van der Waals surface area contributed by atoms with Crippen LogP contribution in [0.4, 0.5) is 0 Å². The Balaban J connectivity index is 1.61. The smallest absolute Gasteiger partial charge is 0.339 e. The zero-order valence-electron chi connectivity index (χ0n) is 17.0. The maximum atomic E-state index is 13.0. The number of likely N-dealkylation sites (tertiary alicyclic amines) is 1. The van der Waals surface area contributed by atoms with Gasteiger partial charge < -0.3 is 19.5 Å². The van der Waals surface area contributed by atoms with E-state index in [1.807, 2.05) is 11.8 Å². The van der Waals surface area contributed by atoms with Gasteiger partial charge in [0.2, 0.25) is 5.91 Å². The van der Waals surface area contributed by atoms with Gasteiger partial charge in [-0.15, -0.1) is 0 Å². The minimum atomic E-state index is -0.421. The van der Waals surface area contributed by atoms with Crippen molar-refractivity contribution < 1.29 is 19.1 Å². The van der Waals surface area contributed by atoms with E-state index in [1.54, 1.807) is 11.8 Å². The first kappa shape index (κ1) is 20.4. The van der Waals surface area contributed by atoms with Gasteiger partial charge in [0.1, 0.15) is 5.69 Å². The van der Waals surface area contributed by atoms with Gasteiger partial charge in [-0.1, -0.05) is 6.92 Å². The van der Waals surface area contributed by atoms with Crippen LogP contribution in [0.25, 0.3) is 0 Å². The summed E-state index contributed by atoms with van der Waals surface area (Å²) >= 11 is 0. The zero-order chi connectivity index (χ0) is 20.3. The Labute approximate surface area is 165 Å². The Morgan fingerprint density at radius 2 is 1.64 bits per heavy atom. The summed E-state index contributed by atoms with van der Waals surface area (Å²) in [6, 6.07) is 0. The van der Waals surface area contributed by atoms with E-state index in [0.717, 1.165) is 31.6 Å². The minimum Gasteiger partial charge on any atom is -0.465 e. The van der Waals surface area contributed by atoms with Gasteiger partial charge in [-0.25, -0.2) is 4.79 Å². The van der Waals surface area contributed by atoms with Crippen LogP contribution in [0.3, 0.4) is 0 Å². The number of carbonyl (C=O) groups excluding carboxylic acids is 3. The van der Waals surface area contributed by atoms with Crippen LogP contribution in [0.15, 0.2) is 0 Å². The lowest BCUT2D eigenvalue weighted by atomic mass is 10.1. The van der Waals surface area contributed by atoms with Crippen molar-refractivity contribution in [1.82, 2.24) is 19.7 Å². The highest BCUT2D eigenvalue weighted by Crippen LogP contribution is 2.22. The van der Waals surface area contributed by atoms with E-state index in [4.69, 9.17) is 4.74 Å². The van der Waals surface area contributed by atoms with Gasteiger partial charge in [0.25, 0.3) is 5.91 Å². The normalized spacial score (nSPS) is 17.8. The Morgan fingerprint density at radius 1 is 1.00 bits per heavy atom. The van der Waals surface area contributed by atoms with E-state index >= 15 is 0 Å². The second-order valence-corrected chi connectivity index (χ2v) is 7.48. The predicted octanol–water partition coefficient (Wildman–Crippen LogP) is 1.05. The number of hydrogen-bond acceptors (Lipinski definition) is 5. The van der Waals surface area contributed by atoms with Gasteiger partial charge in [0, 0.05) is 45.0 Å². The van der Waals surface area contributed by atoms with Gasteiger partial charge in [0.05, 0.1) is 19.2 Å². The first-order chi connectivity index (χ1) is 13.5. The van der Waals surface area contributed by atoms with Crippen molar-refractivity contribution in [3.8, 4) is 0 Å². The van der Waals surface area contributed by atoms with Crippen molar-refractivity contribution in [2.45, 2.75) is 33.1 Å². The summed E-state index contributed by atoms with van der Waals surface area (Å²) in [5.41, 5.74) is 2.28. The first-order valence-corrected chi connectivity index (χ1v) is 10.0. The summed E-state index contributed by atoms with van der Waals surface area (Å²) in [6.07, 6.45) is 2.80. The number of hydrogen-bond donors (Lipinski definition) is 1. The summed E-state index contributed by atoms with van der Waals surface area (Å²) in [5, 5.41) is 0. The molecule has 0 aliphatic carbocycles. The molecule has 0 radical (unpaired) electrons. The largest absolute Gasteiger partial charge is 0.465 e. The molecule has 28 heavy (non-hydrogen) atoms. The number of ether oxygens (including phenoxy) is 1. The van der Waals surface area contributed by atoms with E-state index in [9.17, 15) is 14.4 Å². The lowest BCUT2D eigenvalue weighted by Crippen LogP contribution is -2.51. The third-order valence-corrected chi connectivity index (χ3v) is 5.76. The average Bonchev–Trinajstić information content (AvgIpc) is 3.35. The van der Waals surface area contributed by atoms with Gasteiger partial charge in [-0.3, -0.25) is 14.5 Å². The van der Waals surface area contributed by atoms with Crippen LogP contribution in [-0.4, -0.2) is 90.4 Å². The highest BCUT2D eigenvalue weighted by molar-refractivity contribution is 6.00. The summed E-state index contributed by atoms with van der Waals surface area (Å²) in [6.45, 7) is 8.36. The van der Waals surface area contributed by atoms with Crippen molar-refractivity contribution in [2.75, 3.05) is 52.9 Å². The topological polar surface area (TPSA) is 86.0 Å². The van der Waals surface area contributed by atoms with E-state index in [0.29, 0.717) is 56.0 Å². The fourth-order valence-corrected chi connectivity index (χ4v) is 4.04. The molecule has 2 aliphatic heterocycles. The molecule has 1 N–H and O–H groups in total. The molecule has 3 rings (SSSR count). The lowest BCUT2D eigenvalue weighted by Gasteiger charge is -2.35. The number of esters is 1. The van der Waals surface area contributed by atoms with Crippen LogP contribution in [0.2, 0.25) is 0 Å². The molecule has 1 aromatic rings. The average molecular weight is 390 g/mol. The summed E-state index contributed by atoms with van der Waals surface area (Å²) in [5.74, 6) is -0.337. The standard InChI is InChI=1S/C20H30N4O4/c1-4-15-17(20(27)28-3)14(2)18(21-15)19(26)24-11-9-22(10-12-24)13-16(25)23-7-5-6-8-23/h21H,4-13H2,1-3H3. The van der Waals surface area contributed by atoms with Crippen LogP contribution in [0, 0.1) is 6.92 Å². The number of H-pyrrole nitrogens is 1. The molecule has 154 valence electrons. The number of nitrogens with one attached hydrogen (secondary N) is 1. The van der Waals surface area contributed by atoms with Crippen molar-refractivity contribution >= 4 is 17.8 Å². The number of aromatic amines is 1. The molecule has 8 nitrogen and oxygen atoms in total. The number of aromatic nitrogens is 1. The summed E-state index contributed by atoms with van der Waals surface area (Å²) in [4.78, 5) is 46.3. The molecule has 0 spiro atoms. The van der Waals surface area contributed by atoms with Crippen LogP contribution in [0.1, 0.15) is 51.9 Å². The van der Waals surface area contributed by atoms with Crippen molar-refractivity contribution in [2.24, 2.45) is 0 Å². The maximum absolute atomic E-state index is 13.0. The number of piperazine rings is 1. The zero-order valence-corrected chi connectivity index (χ0v) is 17.0. The van der Waals surface area contributed by atoms with Crippen molar-refractivity contribution in [3.63, 3.8) is 0 Å². The van der Waals surface area contributed by atoms with Crippen LogP contribution in [-0.2, 0) is 16.0 Å². The third kappa shape index (κ3) is 4.06. The quantitative estimate of drug-likeness (QED) is 0.760. The molecule has 2 aliphatic rings. The Bertz CT molecular complexity index is 744. The number of rotatable bonds is 5. The maximum Gasteiger partial charge on any atom is 0.339 e. The van der Waals surface area contributed by atoms with Gasteiger partial charge in [-0.2, -0.15) is 0 Å². The van der Waals surface area contributed by atoms with E-state index in [1.165, 1.54) is 7.11 Å². The Kier molecular flexibility index (Phi) is 6.39. The van der Waals surface area contributed by atoms with Gasteiger partial charge in [0.15, 0.2) is 0 Å². The molecule has 2 fully saturated rings. The molecule has 0 saturated carbocycles. The third-order valence-electron chi connectivity index (χ3n) is 5.76. The summed E-state index contributed by atoms with van der Waals surface area (Å²) < 4.78 is 4.86. The monoisotopic (exact) mass is 390 g/mol. The highest BCUT2D eigenvalue weighted by atomic mass is 16.5. The number of carbonyl (C=O) groups is 3. The van der Waals surface area contributed by atoms with Crippen LogP contribution < -0.4 is 0 Å². The molecular formula is C20H30N4O4. The fourth-order valence-electron chi connectivity index (χ4n) is 4.04. The Hall–Kier alpha value is -2.35. The molecule has 0 unspecified atom stereocenters. The number of methoxy groups -OCH3 is 1. The second-order valence-electron chi connectivity index (χ2n) is 7.48. The summed E-state index contributed by atoms with van der Waals surface area (Å²) in [7, 11) is 1.35. The molecule has 0 aromatic carbocycles. The first-order valence-electron chi connectivity index (χ1n) is 10.0. The fraction of sp³-hybridized carbons (Fsp3) is 0.650. The lowest BCUT2D eigenvalue weighted by molar-refractivity contribution is -0.131. The van der Waals surface area contributed by atoms with Gasteiger partial charge in [-0.05, 0) is 31.7 Å². The van der Waals surface area contributed by atoms with Gasteiger partial charge >= 0.3 is 5.97 Å². The van der Waals surface area contributed by atoms with Crippen molar-refractivity contribution in [3.05, 3.63) is 22.5 Å². The SMILES string of the molecule is CCc1[nH]c(C(=O)N2CCN(CC(=O)N3CCCC3)CC2)c(C)c1C(=O)OC. The van der Waals surface area contributed by atoms with Crippen molar-refractivity contribution in [1.29, 1.82) is 0 Å². The molecular weight excluding hydrogens is 360 g/mol. The van der Waals surface area contributed by atoms with Crippen LogP contribution >= 0.6 is 0 Å². The molecule has 0 bridgehead atoms. The minimum absolute atomic E-state index is 0.104. The highest BCUT2D eigenvalue weighted by Gasteiger charge is 2.29. The molecule has 8 heteroatoms. The molecule has 3 heterocycles.